The average Bonchev–Trinajstić information content (AvgIpc) is 2.53. The van der Waals surface area contributed by atoms with Gasteiger partial charge in [0.15, 0.2) is 0 Å². The van der Waals surface area contributed by atoms with E-state index in [0.717, 1.165) is 11.1 Å². The molecular formula is C16H18N2O2. The van der Waals surface area contributed by atoms with E-state index >= 15 is 0 Å². The van der Waals surface area contributed by atoms with Crippen molar-refractivity contribution in [3.05, 3.63) is 60.2 Å². The van der Waals surface area contributed by atoms with Gasteiger partial charge < -0.3 is 16.2 Å². The Hall–Kier alpha value is -2.17. The second-order valence-corrected chi connectivity index (χ2v) is 4.57. The standard InChI is InChI=1S/C16H18N2O2/c1-18-16(20)14(17)15(19)13-9-7-12(8-10-13)11-5-3-2-4-6-11/h2-10,14-15,19H,17H2,1H3,(H,18,20). The number of amides is 1. The molecule has 0 saturated heterocycles. The minimum absolute atomic E-state index is 0.385. The van der Waals surface area contributed by atoms with Gasteiger partial charge in [0.2, 0.25) is 5.91 Å². The molecule has 0 saturated carbocycles. The lowest BCUT2D eigenvalue weighted by molar-refractivity contribution is -0.124. The molecule has 0 heterocycles. The molecule has 2 aromatic carbocycles. The summed E-state index contributed by atoms with van der Waals surface area (Å²) in [4.78, 5) is 11.4. The molecule has 4 nitrogen and oxygen atoms in total. The van der Waals surface area contributed by atoms with Gasteiger partial charge in [-0.15, -0.1) is 0 Å². The molecule has 4 heteroatoms. The maximum absolute atomic E-state index is 11.4. The summed E-state index contributed by atoms with van der Waals surface area (Å²) < 4.78 is 0. The summed E-state index contributed by atoms with van der Waals surface area (Å²) in [5.41, 5.74) is 8.47. The minimum Gasteiger partial charge on any atom is -0.386 e. The minimum atomic E-state index is -1.01. The van der Waals surface area contributed by atoms with E-state index in [1.54, 1.807) is 12.1 Å². The number of hydrogen-bond donors (Lipinski definition) is 3. The number of carbonyl (C=O) groups excluding carboxylic acids is 1. The SMILES string of the molecule is CNC(=O)C(N)C(O)c1ccc(-c2ccccc2)cc1. The lowest BCUT2D eigenvalue weighted by Gasteiger charge is -2.18. The van der Waals surface area contributed by atoms with E-state index in [9.17, 15) is 9.90 Å². The monoisotopic (exact) mass is 270 g/mol. The number of benzene rings is 2. The quantitative estimate of drug-likeness (QED) is 0.787. The largest absolute Gasteiger partial charge is 0.386 e. The van der Waals surface area contributed by atoms with E-state index in [0.29, 0.717) is 5.56 Å². The van der Waals surface area contributed by atoms with E-state index < -0.39 is 12.1 Å². The van der Waals surface area contributed by atoms with E-state index in [1.807, 2.05) is 42.5 Å². The molecule has 0 spiro atoms. The van der Waals surface area contributed by atoms with Crippen molar-refractivity contribution in [1.29, 1.82) is 0 Å². The molecule has 0 aliphatic heterocycles. The van der Waals surface area contributed by atoms with Crippen molar-refractivity contribution in [2.24, 2.45) is 5.73 Å². The molecule has 0 fully saturated rings. The summed E-state index contributed by atoms with van der Waals surface area (Å²) in [6.45, 7) is 0. The first-order chi connectivity index (χ1) is 9.63. The van der Waals surface area contributed by atoms with Gasteiger partial charge in [0.05, 0.1) is 0 Å². The van der Waals surface area contributed by atoms with E-state index in [1.165, 1.54) is 7.05 Å². The first-order valence-electron chi connectivity index (χ1n) is 6.44. The Morgan fingerprint density at radius 3 is 2.15 bits per heavy atom. The maximum atomic E-state index is 11.4. The fourth-order valence-electron chi connectivity index (χ4n) is 2.02. The highest BCUT2D eigenvalue weighted by Crippen LogP contribution is 2.22. The fourth-order valence-corrected chi connectivity index (χ4v) is 2.02. The number of rotatable bonds is 4. The van der Waals surface area contributed by atoms with Crippen LogP contribution < -0.4 is 11.1 Å². The molecule has 1 amide bonds. The summed E-state index contributed by atoms with van der Waals surface area (Å²) in [5, 5.41) is 12.5. The summed E-state index contributed by atoms with van der Waals surface area (Å²) in [6, 6.07) is 16.4. The van der Waals surface area contributed by atoms with Gasteiger partial charge in [0, 0.05) is 7.05 Å². The number of aliphatic hydroxyl groups excluding tert-OH is 1. The van der Waals surface area contributed by atoms with Crippen LogP contribution >= 0.6 is 0 Å². The van der Waals surface area contributed by atoms with E-state index in [4.69, 9.17) is 5.73 Å². The molecule has 2 rings (SSSR count). The number of aliphatic hydroxyl groups is 1. The van der Waals surface area contributed by atoms with Crippen molar-refractivity contribution >= 4 is 5.91 Å². The molecule has 0 radical (unpaired) electrons. The molecular weight excluding hydrogens is 252 g/mol. The molecule has 2 unspecified atom stereocenters. The van der Waals surface area contributed by atoms with Crippen LogP contribution in [0.4, 0.5) is 0 Å². The van der Waals surface area contributed by atoms with Crippen molar-refractivity contribution in [3.63, 3.8) is 0 Å². The zero-order chi connectivity index (χ0) is 14.5. The topological polar surface area (TPSA) is 75.4 Å². The van der Waals surface area contributed by atoms with Crippen LogP contribution in [0.3, 0.4) is 0 Å². The van der Waals surface area contributed by atoms with Gasteiger partial charge in [-0.25, -0.2) is 0 Å². The first-order valence-corrected chi connectivity index (χ1v) is 6.44. The Bertz CT molecular complexity index is 567. The highest BCUT2D eigenvalue weighted by molar-refractivity contribution is 5.82. The molecule has 4 N–H and O–H groups in total. The Kier molecular flexibility index (Phi) is 4.50. The van der Waals surface area contributed by atoms with Gasteiger partial charge >= 0.3 is 0 Å². The molecule has 2 atom stereocenters. The summed E-state index contributed by atoms with van der Waals surface area (Å²) >= 11 is 0. The molecule has 0 bridgehead atoms. The Morgan fingerprint density at radius 1 is 1.05 bits per heavy atom. The van der Waals surface area contributed by atoms with Gasteiger partial charge in [-0.3, -0.25) is 4.79 Å². The van der Waals surface area contributed by atoms with Crippen molar-refractivity contribution in [3.8, 4) is 11.1 Å². The number of nitrogens with two attached hydrogens (primary N) is 1. The van der Waals surface area contributed by atoms with Crippen molar-refractivity contribution in [2.45, 2.75) is 12.1 Å². The zero-order valence-electron chi connectivity index (χ0n) is 11.3. The van der Waals surface area contributed by atoms with Crippen LogP contribution in [-0.4, -0.2) is 24.1 Å². The predicted molar refractivity (Wildman–Crippen MR) is 78.9 cm³/mol. The Balaban J connectivity index is 2.18. The molecule has 20 heavy (non-hydrogen) atoms. The lowest BCUT2D eigenvalue weighted by atomic mass is 9.98. The first kappa shape index (κ1) is 14.2. The summed E-state index contributed by atoms with van der Waals surface area (Å²) in [5.74, 6) is -0.385. The van der Waals surface area contributed by atoms with Crippen LogP contribution in [0, 0.1) is 0 Å². The fraction of sp³-hybridized carbons (Fsp3) is 0.188. The van der Waals surface area contributed by atoms with Crippen LogP contribution in [0.15, 0.2) is 54.6 Å². The van der Waals surface area contributed by atoms with Gasteiger partial charge in [0.25, 0.3) is 0 Å². The highest BCUT2D eigenvalue weighted by Gasteiger charge is 2.22. The van der Waals surface area contributed by atoms with E-state index in [2.05, 4.69) is 5.32 Å². The molecule has 0 aliphatic carbocycles. The van der Waals surface area contributed by atoms with Crippen LogP contribution in [0.5, 0.6) is 0 Å². The maximum Gasteiger partial charge on any atom is 0.239 e. The van der Waals surface area contributed by atoms with Crippen LogP contribution in [0.1, 0.15) is 11.7 Å². The average molecular weight is 270 g/mol. The van der Waals surface area contributed by atoms with Gasteiger partial charge in [0.1, 0.15) is 12.1 Å². The second kappa shape index (κ2) is 6.32. The number of likely N-dealkylation sites (N-methyl/N-ethyl adjacent to an activating group) is 1. The summed E-state index contributed by atoms with van der Waals surface area (Å²) in [6.07, 6.45) is -1.01. The third kappa shape index (κ3) is 3.04. The Morgan fingerprint density at radius 2 is 1.60 bits per heavy atom. The van der Waals surface area contributed by atoms with Crippen LogP contribution in [-0.2, 0) is 4.79 Å². The normalized spacial score (nSPS) is 13.6. The molecule has 104 valence electrons. The number of hydrogen-bond acceptors (Lipinski definition) is 3. The Labute approximate surface area is 118 Å². The van der Waals surface area contributed by atoms with Gasteiger partial charge in [-0.05, 0) is 16.7 Å². The van der Waals surface area contributed by atoms with Crippen LogP contribution in [0.25, 0.3) is 11.1 Å². The number of nitrogens with one attached hydrogen (secondary N) is 1. The van der Waals surface area contributed by atoms with Crippen molar-refractivity contribution < 1.29 is 9.90 Å². The van der Waals surface area contributed by atoms with Crippen LogP contribution in [0.2, 0.25) is 0 Å². The smallest absolute Gasteiger partial charge is 0.239 e. The van der Waals surface area contributed by atoms with E-state index in [-0.39, 0.29) is 5.91 Å². The highest BCUT2D eigenvalue weighted by atomic mass is 16.3. The number of carbonyl (C=O) groups is 1. The van der Waals surface area contributed by atoms with Crippen molar-refractivity contribution in [2.75, 3.05) is 7.05 Å². The summed E-state index contributed by atoms with van der Waals surface area (Å²) in [7, 11) is 1.49. The third-order valence-corrected chi connectivity index (χ3v) is 3.25. The third-order valence-electron chi connectivity index (χ3n) is 3.25. The second-order valence-electron chi connectivity index (χ2n) is 4.57. The molecule has 0 aliphatic rings. The molecule has 2 aromatic rings. The van der Waals surface area contributed by atoms with Gasteiger partial charge in [-0.1, -0.05) is 54.6 Å². The van der Waals surface area contributed by atoms with Gasteiger partial charge in [-0.2, -0.15) is 0 Å². The molecule has 0 aromatic heterocycles. The zero-order valence-corrected chi connectivity index (χ0v) is 11.3. The lowest BCUT2D eigenvalue weighted by Crippen LogP contribution is -2.43. The van der Waals surface area contributed by atoms with Crippen molar-refractivity contribution in [1.82, 2.24) is 5.32 Å². The predicted octanol–water partition coefficient (Wildman–Crippen LogP) is 1.46.